The Kier molecular flexibility index (Phi) is 5.11. The molecule has 0 aliphatic rings. The molecule has 2 aromatic carbocycles. The summed E-state index contributed by atoms with van der Waals surface area (Å²) < 4.78 is 6.38. The zero-order valence-electron chi connectivity index (χ0n) is 9.68. The molecule has 18 heavy (non-hydrogen) atoms. The first kappa shape index (κ1) is 13.5. The molecule has 0 N–H and O–H groups in total. The number of rotatable bonds is 3. The van der Waals surface area contributed by atoms with Crippen molar-refractivity contribution >= 4 is 0 Å². The molecular weight excluding hydrogens is 302 g/mol. The van der Waals surface area contributed by atoms with Gasteiger partial charge in [-0.2, -0.15) is 0 Å². The van der Waals surface area contributed by atoms with Crippen molar-refractivity contribution in [2.75, 3.05) is 0 Å². The second-order valence-corrected chi connectivity index (χ2v) is 4.68. The summed E-state index contributed by atoms with van der Waals surface area (Å²) in [7, 11) is 0. The van der Waals surface area contributed by atoms with Gasteiger partial charge in [-0.3, -0.25) is 0 Å². The van der Waals surface area contributed by atoms with Crippen molar-refractivity contribution in [3.8, 4) is 9.46 Å². The molecule has 0 fully saturated rings. The maximum absolute atomic E-state index is 3.38. The fourth-order valence-electron chi connectivity index (χ4n) is 1.96. The van der Waals surface area contributed by atoms with Crippen molar-refractivity contribution in [1.82, 2.24) is 0 Å². The minimum atomic E-state index is 0.132. The fourth-order valence-corrected chi connectivity index (χ4v) is 2.74. The molecule has 0 aliphatic heterocycles. The Bertz CT molecular complexity index is 520. The third-order valence-corrected chi connectivity index (χ3v) is 3.62. The molecule has 0 aromatic heterocycles. The van der Waals surface area contributed by atoms with Gasteiger partial charge in [0.25, 0.3) is 0 Å². The van der Waals surface area contributed by atoms with E-state index in [0.29, 0.717) is 0 Å². The topological polar surface area (TPSA) is 0 Å². The van der Waals surface area contributed by atoms with Crippen LogP contribution in [0.3, 0.4) is 0 Å². The van der Waals surface area contributed by atoms with Crippen LogP contribution in [0.2, 0.25) is 0 Å². The Balaban J connectivity index is 2.39. The molecule has 2 rings (SSSR count). The van der Waals surface area contributed by atoms with Crippen LogP contribution in [0.5, 0.6) is 0 Å². The molecule has 2 aromatic rings. The molecule has 0 nitrogen and oxygen atoms in total. The summed E-state index contributed by atoms with van der Waals surface area (Å²) in [6.45, 7) is 0. The quantitative estimate of drug-likeness (QED) is 0.760. The predicted molar refractivity (Wildman–Crippen MR) is 66.1 cm³/mol. The summed E-state index contributed by atoms with van der Waals surface area (Å²) in [6, 6.07) is 20.7. The van der Waals surface area contributed by atoms with Crippen LogP contribution in [0.4, 0.5) is 0 Å². The van der Waals surface area contributed by atoms with Crippen molar-refractivity contribution < 1.29 is 30.8 Å². The van der Waals surface area contributed by atoms with Crippen molar-refractivity contribution in [2.45, 2.75) is 11.8 Å². The number of hydrogen-bond acceptors (Lipinski definition) is 0. The first-order valence-electron chi connectivity index (χ1n) is 5.69. The van der Waals surface area contributed by atoms with Crippen molar-refractivity contribution in [1.29, 1.82) is 0 Å². The normalized spacial score (nSPS) is 13.1. The molecule has 0 spiro atoms. The van der Waals surface area contributed by atoms with Gasteiger partial charge in [-0.15, -0.1) is 0 Å². The summed E-state index contributed by atoms with van der Waals surface area (Å²) in [4.78, 5) is 0. The second-order valence-electron chi connectivity index (χ2n) is 3.99. The molecule has 2 heteroatoms. The molecule has 0 amide bonds. The molecular formula is C16H12Mn2. The van der Waals surface area contributed by atoms with Crippen LogP contribution < -0.4 is 0 Å². The van der Waals surface area contributed by atoms with E-state index in [2.05, 4.69) is 64.5 Å². The van der Waals surface area contributed by atoms with Gasteiger partial charge < -0.3 is 0 Å². The van der Waals surface area contributed by atoms with Crippen LogP contribution in [-0.4, -0.2) is 0 Å². The summed E-state index contributed by atoms with van der Waals surface area (Å²) in [5.74, 6) is 0.265. The first-order chi connectivity index (χ1) is 8.86. The SMILES string of the molecule is [Mn]#[C]C(c1ccccc1)C([C]#[Mn])c1ccccc1. The zero-order chi connectivity index (χ0) is 12.8. The Hall–Kier alpha value is -0.961. The van der Waals surface area contributed by atoms with E-state index in [4.69, 9.17) is 0 Å². The van der Waals surface area contributed by atoms with E-state index in [1.54, 1.807) is 0 Å². The van der Waals surface area contributed by atoms with Crippen LogP contribution in [0.1, 0.15) is 23.0 Å². The van der Waals surface area contributed by atoms with Crippen molar-refractivity contribution in [3.05, 3.63) is 71.8 Å². The average Bonchev–Trinajstić information content (AvgIpc) is 2.46. The molecule has 2 atom stereocenters. The van der Waals surface area contributed by atoms with Gasteiger partial charge in [0.1, 0.15) is 0 Å². The molecule has 0 heterocycles. The Labute approximate surface area is 123 Å². The van der Waals surface area contributed by atoms with Gasteiger partial charge >= 0.3 is 124 Å². The molecule has 0 aliphatic carbocycles. The molecule has 90 valence electrons. The Morgan fingerprint density at radius 2 is 0.944 bits per heavy atom. The summed E-state index contributed by atoms with van der Waals surface area (Å²) in [5, 5.41) is 0. The molecule has 0 saturated carbocycles. The predicted octanol–water partition coefficient (Wildman–Crippen LogP) is 3.57. The van der Waals surface area contributed by atoms with Gasteiger partial charge in [0.2, 0.25) is 0 Å². The summed E-state index contributed by atoms with van der Waals surface area (Å²) in [6.07, 6.45) is 0. The van der Waals surface area contributed by atoms with Crippen molar-refractivity contribution in [3.63, 3.8) is 0 Å². The van der Waals surface area contributed by atoms with E-state index < -0.39 is 0 Å². The standard InChI is InChI=1S/C16H12.2Mn/c1-13(15-9-5-3-6-10-15)14(2)16-11-7-4-8-12-16;;/h3-14H;;. The van der Waals surface area contributed by atoms with Gasteiger partial charge in [0.05, 0.1) is 0 Å². The molecule has 2 unspecified atom stereocenters. The van der Waals surface area contributed by atoms with E-state index in [9.17, 15) is 0 Å². The minimum absolute atomic E-state index is 0.132. The zero-order valence-corrected chi connectivity index (χ0v) is 12.0. The van der Waals surface area contributed by atoms with Crippen LogP contribution in [0.25, 0.3) is 0 Å². The van der Waals surface area contributed by atoms with Crippen LogP contribution in [-0.2, 0) is 30.8 Å². The van der Waals surface area contributed by atoms with Crippen molar-refractivity contribution in [2.24, 2.45) is 0 Å². The first-order valence-corrected chi connectivity index (χ1v) is 6.87. The number of hydrogen-bond donors (Lipinski definition) is 0. The van der Waals surface area contributed by atoms with Gasteiger partial charge in [-0.05, 0) is 0 Å². The fraction of sp³-hybridized carbons (Fsp3) is 0.125. The monoisotopic (exact) mass is 314 g/mol. The van der Waals surface area contributed by atoms with Crippen LogP contribution >= 0.6 is 0 Å². The second kappa shape index (κ2) is 6.83. The Morgan fingerprint density at radius 3 is 1.22 bits per heavy atom. The third kappa shape index (κ3) is 3.08. The van der Waals surface area contributed by atoms with Gasteiger partial charge in [0.15, 0.2) is 0 Å². The summed E-state index contributed by atoms with van der Waals surface area (Å²) in [5.41, 5.74) is 2.44. The van der Waals surface area contributed by atoms with Crippen LogP contribution in [0.15, 0.2) is 60.7 Å². The van der Waals surface area contributed by atoms with Gasteiger partial charge in [-0.1, -0.05) is 0 Å². The van der Waals surface area contributed by atoms with E-state index in [1.807, 2.05) is 36.4 Å². The average molecular weight is 314 g/mol. The van der Waals surface area contributed by atoms with Gasteiger partial charge in [0, 0.05) is 0 Å². The third-order valence-electron chi connectivity index (χ3n) is 2.89. The molecule has 0 bridgehead atoms. The van der Waals surface area contributed by atoms with Crippen LogP contribution in [0, 0.1) is 9.46 Å². The summed E-state index contributed by atoms with van der Waals surface area (Å²) >= 11 is 6.76. The molecule has 0 saturated heterocycles. The number of benzene rings is 2. The van der Waals surface area contributed by atoms with E-state index >= 15 is 0 Å². The van der Waals surface area contributed by atoms with Gasteiger partial charge in [-0.25, -0.2) is 0 Å². The van der Waals surface area contributed by atoms with E-state index in [-0.39, 0.29) is 11.8 Å². The molecule has 0 radical (unpaired) electrons. The van der Waals surface area contributed by atoms with E-state index in [0.717, 1.165) is 0 Å². The maximum atomic E-state index is 3.38. The van der Waals surface area contributed by atoms with E-state index in [1.165, 1.54) is 11.1 Å². The Morgan fingerprint density at radius 1 is 0.611 bits per heavy atom.